The van der Waals surface area contributed by atoms with Gasteiger partial charge in [0.1, 0.15) is 18.5 Å². The number of methoxy groups -OCH3 is 1. The molecule has 9 nitrogen and oxygen atoms in total. The number of halogens is 1. The Morgan fingerprint density at radius 3 is 2.72 bits per heavy atom. The van der Waals surface area contributed by atoms with Gasteiger partial charge in [0.2, 0.25) is 0 Å². The third-order valence-corrected chi connectivity index (χ3v) is 4.21. The summed E-state index contributed by atoms with van der Waals surface area (Å²) in [6.45, 7) is 1.21. The van der Waals surface area contributed by atoms with Crippen molar-refractivity contribution in [3.05, 3.63) is 53.6 Å². The summed E-state index contributed by atoms with van der Waals surface area (Å²) in [4.78, 5) is 20.7. The lowest BCUT2D eigenvalue weighted by Gasteiger charge is -2.40. The van der Waals surface area contributed by atoms with Gasteiger partial charge in [0.15, 0.2) is 11.8 Å². The van der Waals surface area contributed by atoms with E-state index < -0.39 is 17.9 Å². The molecule has 0 spiro atoms. The fourth-order valence-electron chi connectivity index (χ4n) is 2.81. The fraction of sp³-hybridized carbons (Fsp3) is 0.316. The summed E-state index contributed by atoms with van der Waals surface area (Å²) in [5, 5.41) is 0. The zero-order valence-electron chi connectivity index (χ0n) is 15.9. The predicted octanol–water partition coefficient (Wildman–Crippen LogP) is 1.54. The van der Waals surface area contributed by atoms with E-state index in [0.717, 1.165) is 5.69 Å². The van der Waals surface area contributed by atoms with Crippen LogP contribution in [0.2, 0.25) is 0 Å². The van der Waals surface area contributed by atoms with Crippen molar-refractivity contribution < 1.29 is 23.4 Å². The van der Waals surface area contributed by atoms with Crippen LogP contribution in [0, 0.1) is 5.82 Å². The van der Waals surface area contributed by atoms with Crippen LogP contribution in [-0.2, 0) is 22.7 Å². The Kier molecular flexibility index (Phi) is 6.45. The quantitative estimate of drug-likeness (QED) is 0.527. The number of nitrogens with zero attached hydrogens (tertiary/aromatic N) is 3. The highest BCUT2D eigenvalue weighted by molar-refractivity contribution is 5.87. The van der Waals surface area contributed by atoms with Gasteiger partial charge in [-0.1, -0.05) is 12.1 Å². The van der Waals surface area contributed by atoms with Crippen LogP contribution in [0.25, 0.3) is 0 Å². The molecule has 154 valence electrons. The van der Waals surface area contributed by atoms with Crippen molar-refractivity contribution in [3.63, 3.8) is 0 Å². The Labute approximate surface area is 167 Å². The van der Waals surface area contributed by atoms with Crippen molar-refractivity contribution >= 4 is 17.7 Å². The highest BCUT2D eigenvalue weighted by Crippen LogP contribution is 2.28. The minimum Gasteiger partial charge on any atom is -0.485 e. The van der Waals surface area contributed by atoms with Crippen molar-refractivity contribution in [1.82, 2.24) is 4.98 Å². The number of rotatable bonds is 7. The lowest BCUT2D eigenvalue weighted by molar-refractivity contribution is 0.149. The molecule has 0 saturated carbocycles. The van der Waals surface area contributed by atoms with E-state index in [1.165, 1.54) is 6.07 Å². The summed E-state index contributed by atoms with van der Waals surface area (Å²) >= 11 is 0. The van der Waals surface area contributed by atoms with E-state index in [0.29, 0.717) is 31.1 Å². The molecular weight excluding hydrogens is 381 g/mol. The molecule has 1 saturated heterocycles. The van der Waals surface area contributed by atoms with Gasteiger partial charge in [0.25, 0.3) is 0 Å². The Hall–Kier alpha value is -3.40. The average Bonchev–Trinajstić information content (AvgIpc) is 2.65. The number of carbonyl (C=O) groups excluding carboxylic acids is 1. The van der Waals surface area contributed by atoms with Crippen LogP contribution in [0.5, 0.6) is 5.75 Å². The molecule has 29 heavy (non-hydrogen) atoms. The molecule has 0 aliphatic carbocycles. The van der Waals surface area contributed by atoms with E-state index in [4.69, 9.17) is 25.7 Å². The molecule has 3 rings (SSSR count). The maximum atomic E-state index is 14.7. The van der Waals surface area contributed by atoms with Crippen molar-refractivity contribution in [2.75, 3.05) is 25.1 Å². The van der Waals surface area contributed by atoms with Gasteiger partial charge in [-0.15, -0.1) is 4.99 Å². The number of benzene rings is 1. The number of ether oxygens (including phenoxy) is 3. The number of aliphatic imine (C=N–C) groups is 1. The zero-order valence-corrected chi connectivity index (χ0v) is 15.9. The van der Waals surface area contributed by atoms with Gasteiger partial charge >= 0.3 is 6.09 Å². The molecule has 0 bridgehead atoms. The third-order valence-electron chi connectivity index (χ3n) is 4.21. The Balaban J connectivity index is 1.54. The molecule has 0 radical (unpaired) electrons. The van der Waals surface area contributed by atoms with Gasteiger partial charge in [0, 0.05) is 12.7 Å². The van der Waals surface area contributed by atoms with Gasteiger partial charge in [-0.25, -0.2) is 9.18 Å². The number of anilines is 1. The van der Waals surface area contributed by atoms with Crippen molar-refractivity contribution in [2.45, 2.75) is 19.3 Å². The number of aromatic nitrogens is 1. The van der Waals surface area contributed by atoms with Crippen LogP contribution in [0.15, 0.2) is 41.5 Å². The minimum absolute atomic E-state index is 0.0761. The molecule has 1 fully saturated rings. The topological polar surface area (TPSA) is 125 Å². The normalized spacial score (nSPS) is 13.5. The van der Waals surface area contributed by atoms with Crippen LogP contribution in [0.1, 0.15) is 11.3 Å². The molecule has 10 heteroatoms. The smallest absolute Gasteiger partial charge is 0.437 e. The van der Waals surface area contributed by atoms with Crippen molar-refractivity contribution in [1.29, 1.82) is 0 Å². The largest absolute Gasteiger partial charge is 0.485 e. The molecule has 1 aliphatic rings. The monoisotopic (exact) mass is 403 g/mol. The second kappa shape index (κ2) is 9.20. The number of hydrogen-bond donors (Lipinski definition) is 2. The molecule has 0 unspecified atom stereocenters. The highest BCUT2D eigenvalue weighted by atomic mass is 19.1. The molecule has 4 N–H and O–H groups in total. The number of pyridine rings is 1. The van der Waals surface area contributed by atoms with Crippen LogP contribution in [0.3, 0.4) is 0 Å². The second-order valence-electron chi connectivity index (χ2n) is 6.40. The van der Waals surface area contributed by atoms with E-state index in [1.807, 2.05) is 17.0 Å². The number of nitrogens with two attached hydrogens (primary N) is 2. The van der Waals surface area contributed by atoms with E-state index in [-0.39, 0.29) is 18.3 Å². The van der Waals surface area contributed by atoms with Gasteiger partial charge in [-0.2, -0.15) is 0 Å². The van der Waals surface area contributed by atoms with E-state index in [1.54, 1.807) is 25.4 Å². The first kappa shape index (κ1) is 20.3. The first-order valence-electron chi connectivity index (χ1n) is 8.85. The molecule has 1 aromatic carbocycles. The van der Waals surface area contributed by atoms with E-state index in [9.17, 15) is 9.18 Å². The Morgan fingerprint density at radius 2 is 2.07 bits per heavy atom. The first-order valence-corrected chi connectivity index (χ1v) is 8.85. The van der Waals surface area contributed by atoms with Crippen LogP contribution in [0.4, 0.5) is 14.9 Å². The Bertz CT molecular complexity index is 881. The summed E-state index contributed by atoms with van der Waals surface area (Å²) in [5.74, 6) is -0.233. The molecule has 1 aromatic heterocycles. The molecular formula is C19H22FN5O4. The number of guanidine groups is 1. The second-order valence-corrected chi connectivity index (χ2v) is 6.40. The van der Waals surface area contributed by atoms with Gasteiger partial charge in [-0.3, -0.25) is 4.98 Å². The summed E-state index contributed by atoms with van der Waals surface area (Å²) in [5.41, 5.74) is 11.6. The van der Waals surface area contributed by atoms with Crippen LogP contribution < -0.4 is 21.1 Å². The van der Waals surface area contributed by atoms with E-state index in [2.05, 4.69) is 9.98 Å². The summed E-state index contributed by atoms with van der Waals surface area (Å²) in [6, 6.07) is 8.55. The van der Waals surface area contributed by atoms with Gasteiger partial charge in [-0.05, 0) is 18.2 Å². The van der Waals surface area contributed by atoms with Crippen LogP contribution in [-0.4, -0.2) is 43.3 Å². The average molecular weight is 403 g/mol. The van der Waals surface area contributed by atoms with E-state index >= 15 is 0 Å². The van der Waals surface area contributed by atoms with Crippen LogP contribution >= 0.6 is 0 Å². The lowest BCUT2D eigenvalue weighted by atomic mass is 10.1. The lowest BCUT2D eigenvalue weighted by Crippen LogP contribution is -2.54. The predicted molar refractivity (Wildman–Crippen MR) is 104 cm³/mol. The maximum absolute atomic E-state index is 14.7. The number of carbonyl (C=O) groups is 1. The summed E-state index contributed by atoms with van der Waals surface area (Å²) < 4.78 is 30.5. The molecule has 0 atom stereocenters. The van der Waals surface area contributed by atoms with Gasteiger partial charge in [0.05, 0.1) is 37.3 Å². The summed E-state index contributed by atoms with van der Waals surface area (Å²) in [6.07, 6.45) is 0.591. The SMILES string of the molecule is COCc1ccc(OC2CN(c3cccc(COC(=O)N=C(N)N)c3F)C2)cn1. The number of hydrogen-bond acceptors (Lipinski definition) is 6. The summed E-state index contributed by atoms with van der Waals surface area (Å²) in [7, 11) is 1.61. The van der Waals surface area contributed by atoms with Gasteiger partial charge < -0.3 is 30.6 Å². The zero-order chi connectivity index (χ0) is 20.8. The van der Waals surface area contributed by atoms with Crippen molar-refractivity contribution in [2.24, 2.45) is 16.5 Å². The highest BCUT2D eigenvalue weighted by Gasteiger charge is 2.31. The maximum Gasteiger partial charge on any atom is 0.437 e. The molecule has 1 amide bonds. The first-order chi connectivity index (χ1) is 14.0. The standard InChI is InChI=1S/C19H22FN5O4/c1-27-11-13-5-6-14(7-23-13)29-15-8-25(9-15)16-4-2-3-12(17(16)20)10-28-19(26)24-18(21)22/h2-7,15H,8-11H2,1H3,(H4,21,22,24,26). The minimum atomic E-state index is -0.975. The Morgan fingerprint density at radius 1 is 1.28 bits per heavy atom. The fourth-order valence-corrected chi connectivity index (χ4v) is 2.81. The van der Waals surface area contributed by atoms with Crippen molar-refractivity contribution in [3.8, 4) is 5.75 Å². The molecule has 2 aromatic rings. The molecule has 1 aliphatic heterocycles. The molecule has 2 heterocycles. The number of amides is 1. The third kappa shape index (κ3) is 5.32.